The van der Waals surface area contributed by atoms with Crippen molar-refractivity contribution in [2.45, 2.75) is 12.8 Å². The Hall–Kier alpha value is -2.98. The number of piperidine rings is 1. The largest absolute Gasteiger partial charge is 0.366 e. The number of hydrogen-bond donors (Lipinski definition) is 0. The number of rotatable bonds is 4. The van der Waals surface area contributed by atoms with Crippen molar-refractivity contribution in [1.82, 2.24) is 0 Å². The van der Waals surface area contributed by atoms with E-state index in [9.17, 15) is 19.3 Å². The van der Waals surface area contributed by atoms with Gasteiger partial charge in [-0.1, -0.05) is 11.6 Å². The molecule has 1 aliphatic rings. The number of benzene rings is 2. The molecule has 8 heteroatoms. The van der Waals surface area contributed by atoms with Crippen LogP contribution in [0.5, 0.6) is 0 Å². The van der Waals surface area contributed by atoms with Crippen LogP contribution < -0.4 is 4.90 Å². The van der Waals surface area contributed by atoms with E-state index in [1.165, 1.54) is 30.3 Å². The van der Waals surface area contributed by atoms with Gasteiger partial charge in [-0.15, -0.1) is 0 Å². The molecule has 27 heavy (non-hydrogen) atoms. The van der Waals surface area contributed by atoms with Crippen molar-refractivity contribution in [2.75, 3.05) is 18.0 Å². The van der Waals surface area contributed by atoms with E-state index in [1.54, 1.807) is 6.07 Å². The molecule has 1 aliphatic heterocycles. The Labute approximate surface area is 159 Å². The van der Waals surface area contributed by atoms with Gasteiger partial charge >= 0.3 is 0 Å². The molecule has 3 rings (SSSR count). The minimum atomic E-state index is -0.602. The maximum Gasteiger partial charge on any atom is 0.293 e. The predicted molar refractivity (Wildman–Crippen MR) is 98.5 cm³/mol. The summed E-state index contributed by atoms with van der Waals surface area (Å²) in [6, 6.07) is 10.1. The molecule has 2 aromatic rings. The van der Waals surface area contributed by atoms with Crippen LogP contribution in [-0.2, 0) is 0 Å². The second-order valence-corrected chi connectivity index (χ2v) is 6.76. The Kier molecular flexibility index (Phi) is 5.38. The fourth-order valence-corrected chi connectivity index (χ4v) is 3.47. The number of nitrogens with zero attached hydrogens (tertiary/aromatic N) is 3. The molecule has 138 valence electrons. The molecule has 0 N–H and O–H groups in total. The van der Waals surface area contributed by atoms with Crippen molar-refractivity contribution in [3.05, 3.63) is 68.5 Å². The number of carbonyl (C=O) groups excluding carboxylic acids is 1. The molecule has 6 nitrogen and oxygen atoms in total. The molecule has 0 atom stereocenters. The highest BCUT2D eigenvalue weighted by Gasteiger charge is 2.30. The summed E-state index contributed by atoms with van der Waals surface area (Å²) < 4.78 is 13.9. The molecule has 0 spiro atoms. The summed E-state index contributed by atoms with van der Waals surface area (Å²) in [4.78, 5) is 25.2. The third-order valence-corrected chi connectivity index (χ3v) is 4.94. The van der Waals surface area contributed by atoms with Crippen molar-refractivity contribution in [2.24, 2.45) is 5.92 Å². The highest BCUT2D eigenvalue weighted by molar-refractivity contribution is 6.31. The van der Waals surface area contributed by atoms with Crippen LogP contribution in [0.4, 0.5) is 15.8 Å². The van der Waals surface area contributed by atoms with E-state index in [0.717, 1.165) is 0 Å². The zero-order chi connectivity index (χ0) is 19.6. The number of ketones is 1. The number of nitro groups is 1. The van der Waals surface area contributed by atoms with Crippen LogP contribution in [0.1, 0.15) is 28.8 Å². The van der Waals surface area contributed by atoms with E-state index in [2.05, 4.69) is 0 Å². The monoisotopic (exact) mass is 387 g/mol. The lowest BCUT2D eigenvalue weighted by Crippen LogP contribution is -2.36. The minimum absolute atomic E-state index is 0.0229. The first kappa shape index (κ1) is 18.8. The van der Waals surface area contributed by atoms with Gasteiger partial charge in [0.15, 0.2) is 5.78 Å². The Bertz CT molecular complexity index is 950. The smallest absolute Gasteiger partial charge is 0.293 e. The van der Waals surface area contributed by atoms with Crippen LogP contribution in [0.3, 0.4) is 0 Å². The maximum absolute atomic E-state index is 13.9. The average molecular weight is 388 g/mol. The fraction of sp³-hybridized carbons (Fsp3) is 0.263. The van der Waals surface area contributed by atoms with Crippen LogP contribution in [0.25, 0.3) is 0 Å². The lowest BCUT2D eigenvalue weighted by atomic mass is 9.88. The van der Waals surface area contributed by atoms with Crippen molar-refractivity contribution in [3.63, 3.8) is 0 Å². The lowest BCUT2D eigenvalue weighted by Gasteiger charge is -2.32. The highest BCUT2D eigenvalue weighted by atomic mass is 35.5. The number of anilines is 1. The van der Waals surface area contributed by atoms with E-state index in [0.29, 0.717) is 36.6 Å². The topological polar surface area (TPSA) is 87.2 Å². The zero-order valence-electron chi connectivity index (χ0n) is 14.2. The molecule has 1 saturated heterocycles. The summed E-state index contributed by atoms with van der Waals surface area (Å²) in [5, 5.41) is 20.5. The van der Waals surface area contributed by atoms with Gasteiger partial charge in [0.05, 0.1) is 22.1 Å². The predicted octanol–water partition coefficient (Wildman–Crippen LogP) is 4.36. The third-order valence-electron chi connectivity index (χ3n) is 4.70. The molecule has 0 saturated carbocycles. The molecule has 0 amide bonds. The third kappa shape index (κ3) is 3.91. The second-order valence-electron chi connectivity index (χ2n) is 6.32. The van der Waals surface area contributed by atoms with Crippen LogP contribution >= 0.6 is 11.6 Å². The van der Waals surface area contributed by atoms with E-state index in [4.69, 9.17) is 16.9 Å². The molecule has 0 aliphatic carbocycles. The Morgan fingerprint density at radius 3 is 2.59 bits per heavy atom. The summed E-state index contributed by atoms with van der Waals surface area (Å²) in [6.07, 6.45) is 0.893. The Morgan fingerprint density at radius 2 is 1.96 bits per heavy atom. The van der Waals surface area contributed by atoms with Crippen LogP contribution in [0, 0.1) is 33.2 Å². The van der Waals surface area contributed by atoms with Crippen molar-refractivity contribution in [1.29, 1.82) is 5.26 Å². The van der Waals surface area contributed by atoms with Gasteiger partial charge in [0, 0.05) is 30.1 Å². The first-order chi connectivity index (χ1) is 12.9. The van der Waals surface area contributed by atoms with Crippen LogP contribution in [0.2, 0.25) is 5.02 Å². The molecule has 0 bridgehead atoms. The highest BCUT2D eigenvalue weighted by Crippen LogP contribution is 2.33. The number of nitriles is 1. The molecule has 1 heterocycles. The normalized spacial score (nSPS) is 14.6. The van der Waals surface area contributed by atoms with Crippen molar-refractivity contribution < 1.29 is 14.1 Å². The van der Waals surface area contributed by atoms with E-state index >= 15 is 0 Å². The van der Waals surface area contributed by atoms with Gasteiger partial charge in [-0.3, -0.25) is 14.9 Å². The van der Waals surface area contributed by atoms with E-state index in [1.807, 2.05) is 11.0 Å². The summed E-state index contributed by atoms with van der Waals surface area (Å²) in [7, 11) is 0. The number of carbonyl (C=O) groups is 1. The van der Waals surface area contributed by atoms with E-state index in [-0.39, 0.29) is 28.5 Å². The fourth-order valence-electron chi connectivity index (χ4n) is 3.30. The Morgan fingerprint density at radius 1 is 1.26 bits per heavy atom. The Balaban J connectivity index is 1.76. The second kappa shape index (κ2) is 7.72. The molecule has 0 aromatic heterocycles. The standard InChI is InChI=1S/C19H15ClFN3O3/c20-14-2-3-16(21)15(10-14)19(25)13-5-7-23(8-6-13)17-4-1-12(11-22)9-18(17)24(26)27/h1-4,9-10,13H,5-8H2. The molecular weight excluding hydrogens is 373 g/mol. The first-order valence-electron chi connectivity index (χ1n) is 8.33. The first-order valence-corrected chi connectivity index (χ1v) is 8.71. The van der Waals surface area contributed by atoms with Gasteiger partial charge in [-0.2, -0.15) is 5.26 Å². The van der Waals surface area contributed by atoms with Crippen LogP contribution in [-0.4, -0.2) is 23.8 Å². The van der Waals surface area contributed by atoms with Gasteiger partial charge in [-0.25, -0.2) is 4.39 Å². The summed E-state index contributed by atoms with van der Waals surface area (Å²) in [5.41, 5.74) is 0.468. The summed E-state index contributed by atoms with van der Waals surface area (Å²) >= 11 is 5.86. The molecular formula is C19H15ClFN3O3. The van der Waals surface area contributed by atoms with Gasteiger partial charge in [-0.05, 0) is 43.2 Å². The zero-order valence-corrected chi connectivity index (χ0v) is 14.9. The number of halogens is 2. The maximum atomic E-state index is 13.9. The minimum Gasteiger partial charge on any atom is -0.366 e. The molecule has 1 fully saturated rings. The van der Waals surface area contributed by atoms with Gasteiger partial charge in [0.2, 0.25) is 0 Å². The number of hydrogen-bond acceptors (Lipinski definition) is 5. The summed E-state index contributed by atoms with van der Waals surface area (Å²) in [5.74, 6) is -1.27. The molecule has 2 aromatic carbocycles. The molecule has 0 radical (unpaired) electrons. The SMILES string of the molecule is N#Cc1ccc(N2CCC(C(=O)c3cc(Cl)ccc3F)CC2)c([N+](=O)[O-])c1. The van der Waals surface area contributed by atoms with Crippen molar-refractivity contribution in [3.8, 4) is 6.07 Å². The lowest BCUT2D eigenvalue weighted by molar-refractivity contribution is -0.384. The van der Waals surface area contributed by atoms with Crippen LogP contribution in [0.15, 0.2) is 36.4 Å². The number of nitro benzene ring substituents is 1. The van der Waals surface area contributed by atoms with Gasteiger partial charge in [0.1, 0.15) is 11.5 Å². The summed E-state index contributed by atoms with van der Waals surface area (Å²) in [6.45, 7) is 0.844. The van der Waals surface area contributed by atoms with Crippen molar-refractivity contribution >= 4 is 28.8 Å². The van der Waals surface area contributed by atoms with Gasteiger partial charge < -0.3 is 4.90 Å². The number of Topliss-reactive ketones (excluding diaryl/α,β-unsaturated/α-hetero) is 1. The average Bonchev–Trinajstić information content (AvgIpc) is 2.69. The quantitative estimate of drug-likeness (QED) is 0.442. The van der Waals surface area contributed by atoms with E-state index < -0.39 is 10.7 Å². The molecule has 0 unspecified atom stereocenters. The van der Waals surface area contributed by atoms with Gasteiger partial charge in [0.25, 0.3) is 5.69 Å².